The van der Waals surface area contributed by atoms with Gasteiger partial charge >= 0.3 is 11.9 Å². The fourth-order valence-corrected chi connectivity index (χ4v) is 2.63. The molecule has 1 unspecified atom stereocenters. The topological polar surface area (TPSA) is 52.6 Å². The van der Waals surface area contributed by atoms with Crippen LogP contribution in [-0.2, 0) is 19.1 Å². The first-order valence-corrected chi connectivity index (χ1v) is 7.74. The number of hydrogen-bond donors (Lipinski definition) is 0. The second-order valence-corrected chi connectivity index (χ2v) is 5.69. The Hall–Kier alpha value is -1.37. The van der Waals surface area contributed by atoms with Crippen molar-refractivity contribution in [3.63, 3.8) is 0 Å². The third-order valence-corrected chi connectivity index (χ3v) is 3.79. The fraction of sp³-hybridized carbons (Fsp3) is 0.375. The molecule has 114 valence electrons. The largest absolute Gasteiger partial charge is 0.465 e. The molecule has 21 heavy (non-hydrogen) atoms. The van der Waals surface area contributed by atoms with E-state index in [1.165, 1.54) is 13.8 Å². The molecule has 0 aromatic heterocycles. The van der Waals surface area contributed by atoms with Gasteiger partial charge in [0.05, 0.1) is 6.61 Å². The van der Waals surface area contributed by atoms with Crippen LogP contribution in [0.4, 0.5) is 0 Å². The van der Waals surface area contributed by atoms with E-state index in [0.717, 1.165) is 9.13 Å². The SMILES string of the molecule is CC(=O)OC/C=C/CC(COC(C)=O)c1ccccc1I. The Morgan fingerprint density at radius 3 is 2.43 bits per heavy atom. The van der Waals surface area contributed by atoms with Gasteiger partial charge in [0.25, 0.3) is 0 Å². The Labute approximate surface area is 138 Å². The number of carbonyl (C=O) groups excluding carboxylic acids is 2. The maximum absolute atomic E-state index is 11.0. The van der Waals surface area contributed by atoms with Crippen LogP contribution in [-0.4, -0.2) is 25.2 Å². The lowest BCUT2D eigenvalue weighted by atomic mass is 9.96. The number of hydrogen-bond acceptors (Lipinski definition) is 4. The summed E-state index contributed by atoms with van der Waals surface area (Å²) >= 11 is 2.28. The highest BCUT2D eigenvalue weighted by Gasteiger charge is 2.14. The highest BCUT2D eigenvalue weighted by molar-refractivity contribution is 14.1. The third-order valence-electron chi connectivity index (χ3n) is 2.80. The van der Waals surface area contributed by atoms with Crippen molar-refractivity contribution in [1.82, 2.24) is 0 Å². The Bertz CT molecular complexity index is 511. The minimum Gasteiger partial charge on any atom is -0.465 e. The fourth-order valence-electron chi connectivity index (χ4n) is 1.80. The number of halogens is 1. The van der Waals surface area contributed by atoms with Crippen molar-refractivity contribution in [3.05, 3.63) is 45.6 Å². The van der Waals surface area contributed by atoms with Crippen LogP contribution in [0.5, 0.6) is 0 Å². The average molecular weight is 402 g/mol. The van der Waals surface area contributed by atoms with Gasteiger partial charge in [0, 0.05) is 23.3 Å². The van der Waals surface area contributed by atoms with Gasteiger partial charge in [-0.05, 0) is 40.6 Å². The third kappa shape index (κ3) is 7.27. The zero-order chi connectivity index (χ0) is 15.7. The summed E-state index contributed by atoms with van der Waals surface area (Å²) in [6.45, 7) is 3.39. The Morgan fingerprint density at radius 2 is 1.81 bits per heavy atom. The van der Waals surface area contributed by atoms with Crippen LogP contribution in [0, 0.1) is 3.57 Å². The lowest BCUT2D eigenvalue weighted by Gasteiger charge is -2.17. The van der Waals surface area contributed by atoms with Gasteiger partial charge in [0.1, 0.15) is 6.61 Å². The highest BCUT2D eigenvalue weighted by Crippen LogP contribution is 2.25. The van der Waals surface area contributed by atoms with Crippen molar-refractivity contribution in [2.24, 2.45) is 0 Å². The van der Waals surface area contributed by atoms with Gasteiger partial charge in [-0.15, -0.1) is 0 Å². The summed E-state index contributed by atoms with van der Waals surface area (Å²) in [6, 6.07) is 8.01. The molecule has 0 bridgehead atoms. The number of carbonyl (C=O) groups is 2. The molecular formula is C16H19IO4. The monoisotopic (exact) mass is 402 g/mol. The first-order valence-electron chi connectivity index (χ1n) is 6.67. The van der Waals surface area contributed by atoms with Crippen molar-refractivity contribution in [2.75, 3.05) is 13.2 Å². The molecule has 0 aliphatic heterocycles. The van der Waals surface area contributed by atoms with E-state index in [1.807, 2.05) is 30.3 Å². The lowest BCUT2D eigenvalue weighted by Crippen LogP contribution is -2.11. The van der Waals surface area contributed by atoms with Crippen LogP contribution in [0.1, 0.15) is 31.7 Å². The zero-order valence-corrected chi connectivity index (χ0v) is 14.3. The van der Waals surface area contributed by atoms with Gasteiger partial charge in [-0.3, -0.25) is 9.59 Å². The summed E-state index contributed by atoms with van der Waals surface area (Å²) < 4.78 is 11.1. The molecule has 1 aromatic carbocycles. The van der Waals surface area contributed by atoms with Crippen LogP contribution < -0.4 is 0 Å². The van der Waals surface area contributed by atoms with E-state index in [0.29, 0.717) is 13.0 Å². The summed E-state index contributed by atoms with van der Waals surface area (Å²) in [5.41, 5.74) is 1.15. The summed E-state index contributed by atoms with van der Waals surface area (Å²) in [4.78, 5) is 21.7. The van der Waals surface area contributed by atoms with Crippen LogP contribution >= 0.6 is 22.6 Å². The number of rotatable bonds is 7. The molecule has 0 saturated heterocycles. The minimum absolute atomic E-state index is 0.0931. The summed E-state index contributed by atoms with van der Waals surface area (Å²) in [5.74, 6) is -0.487. The van der Waals surface area contributed by atoms with Gasteiger partial charge < -0.3 is 9.47 Å². The van der Waals surface area contributed by atoms with Crippen LogP contribution in [0.15, 0.2) is 36.4 Å². The number of ether oxygens (including phenoxy) is 2. The molecule has 0 radical (unpaired) electrons. The summed E-state index contributed by atoms with van der Waals surface area (Å²) in [7, 11) is 0. The molecule has 0 N–H and O–H groups in total. The summed E-state index contributed by atoms with van der Waals surface area (Å²) in [5, 5.41) is 0. The molecule has 0 aliphatic rings. The Morgan fingerprint density at radius 1 is 1.14 bits per heavy atom. The van der Waals surface area contributed by atoms with E-state index in [2.05, 4.69) is 22.6 Å². The maximum atomic E-state index is 11.0. The van der Waals surface area contributed by atoms with Crippen molar-refractivity contribution in [3.8, 4) is 0 Å². The number of esters is 2. The van der Waals surface area contributed by atoms with Crippen LogP contribution in [0.2, 0.25) is 0 Å². The zero-order valence-electron chi connectivity index (χ0n) is 12.2. The molecule has 1 rings (SSSR count). The molecule has 1 aromatic rings. The molecule has 0 fully saturated rings. The minimum atomic E-state index is -0.297. The first kappa shape index (κ1) is 17.7. The van der Waals surface area contributed by atoms with Gasteiger partial charge in [0.2, 0.25) is 0 Å². The van der Waals surface area contributed by atoms with Gasteiger partial charge in [-0.1, -0.05) is 30.4 Å². The predicted octanol–water partition coefficient (Wildman–Crippen LogP) is 3.45. The highest BCUT2D eigenvalue weighted by atomic mass is 127. The van der Waals surface area contributed by atoms with E-state index in [1.54, 1.807) is 6.08 Å². The molecule has 0 aliphatic carbocycles. The molecule has 4 nitrogen and oxygen atoms in total. The van der Waals surface area contributed by atoms with Crippen LogP contribution in [0.3, 0.4) is 0 Å². The number of allylic oxidation sites excluding steroid dienone is 1. The molecule has 0 spiro atoms. The second kappa shape index (κ2) is 9.55. The summed E-state index contributed by atoms with van der Waals surface area (Å²) in [6.07, 6.45) is 4.46. The van der Waals surface area contributed by atoms with Crippen molar-refractivity contribution in [1.29, 1.82) is 0 Å². The molecular weight excluding hydrogens is 383 g/mol. The molecule has 5 heteroatoms. The molecule has 0 amide bonds. The van der Waals surface area contributed by atoms with Gasteiger partial charge in [-0.2, -0.15) is 0 Å². The first-order chi connectivity index (χ1) is 10.0. The van der Waals surface area contributed by atoms with Crippen molar-refractivity contribution < 1.29 is 19.1 Å². The quantitative estimate of drug-likeness (QED) is 0.398. The Kier molecular flexibility index (Phi) is 8.04. The molecule has 0 heterocycles. The molecule has 1 atom stereocenters. The Balaban J connectivity index is 2.67. The van der Waals surface area contributed by atoms with E-state index in [9.17, 15) is 9.59 Å². The maximum Gasteiger partial charge on any atom is 0.302 e. The van der Waals surface area contributed by atoms with E-state index < -0.39 is 0 Å². The van der Waals surface area contributed by atoms with E-state index in [-0.39, 0.29) is 24.5 Å². The van der Waals surface area contributed by atoms with E-state index in [4.69, 9.17) is 9.47 Å². The van der Waals surface area contributed by atoms with Crippen LogP contribution in [0.25, 0.3) is 0 Å². The van der Waals surface area contributed by atoms with E-state index >= 15 is 0 Å². The average Bonchev–Trinajstić information content (AvgIpc) is 2.42. The number of benzene rings is 1. The van der Waals surface area contributed by atoms with Gasteiger partial charge in [-0.25, -0.2) is 0 Å². The second-order valence-electron chi connectivity index (χ2n) is 4.53. The standard InChI is InChI=1S/C16H19IO4/c1-12(18)20-10-6-5-7-14(11-21-13(2)19)15-8-3-4-9-16(15)17/h3-6,8-9,14H,7,10-11H2,1-2H3/b6-5+. The smallest absolute Gasteiger partial charge is 0.302 e. The predicted molar refractivity (Wildman–Crippen MR) is 88.9 cm³/mol. The van der Waals surface area contributed by atoms with Crippen molar-refractivity contribution in [2.45, 2.75) is 26.2 Å². The van der Waals surface area contributed by atoms with Gasteiger partial charge in [0.15, 0.2) is 0 Å². The normalized spacial score (nSPS) is 12.1. The van der Waals surface area contributed by atoms with Crippen molar-refractivity contribution >= 4 is 34.5 Å². The lowest BCUT2D eigenvalue weighted by molar-refractivity contribution is -0.142. The molecule has 0 saturated carbocycles.